The fourth-order valence-corrected chi connectivity index (χ4v) is 5.42. The third-order valence-electron chi connectivity index (χ3n) is 6.43. The lowest BCUT2D eigenvalue weighted by atomic mass is 9.81. The number of morpholine rings is 1. The third-order valence-corrected chi connectivity index (χ3v) is 7.35. The molecular formula is C23H31N3O4S. The number of hydrogen-bond donors (Lipinski definition) is 1. The van der Waals surface area contributed by atoms with Gasteiger partial charge < -0.3 is 9.64 Å². The van der Waals surface area contributed by atoms with Gasteiger partial charge in [0, 0.05) is 24.4 Å². The van der Waals surface area contributed by atoms with Crippen LogP contribution < -0.4 is 5.14 Å². The second-order valence-corrected chi connectivity index (χ2v) is 10.5. The van der Waals surface area contributed by atoms with Crippen molar-refractivity contribution in [2.45, 2.75) is 62.7 Å². The summed E-state index contributed by atoms with van der Waals surface area (Å²) in [6.07, 6.45) is 5.53. The van der Waals surface area contributed by atoms with E-state index in [9.17, 15) is 13.2 Å². The maximum absolute atomic E-state index is 13.8. The minimum atomic E-state index is -3.86. The summed E-state index contributed by atoms with van der Waals surface area (Å²) in [7, 11) is -3.86. The molecule has 0 radical (unpaired) electrons. The van der Waals surface area contributed by atoms with Gasteiger partial charge in [-0.25, -0.2) is 13.6 Å². The van der Waals surface area contributed by atoms with Gasteiger partial charge >= 0.3 is 0 Å². The van der Waals surface area contributed by atoms with Crippen LogP contribution in [0.4, 0.5) is 0 Å². The summed E-state index contributed by atoms with van der Waals surface area (Å²) in [6.45, 7) is 6.24. The number of carbonyl (C=O) groups is 1. The molecule has 168 valence electrons. The summed E-state index contributed by atoms with van der Waals surface area (Å²) >= 11 is 0. The molecule has 1 aliphatic heterocycles. The predicted octanol–water partition coefficient (Wildman–Crippen LogP) is 3.53. The number of aromatic nitrogens is 1. The van der Waals surface area contributed by atoms with Crippen LogP contribution in [-0.4, -0.2) is 50.5 Å². The first kappa shape index (κ1) is 22.2. The molecule has 1 aliphatic carbocycles. The number of sulfonamides is 1. The average Bonchev–Trinajstić information content (AvgIpc) is 2.77. The molecule has 1 aromatic heterocycles. The average molecular weight is 446 g/mol. The topological polar surface area (TPSA) is 103 Å². The van der Waals surface area contributed by atoms with Gasteiger partial charge in [0.15, 0.2) is 0 Å². The van der Waals surface area contributed by atoms with Gasteiger partial charge in [0.05, 0.1) is 34.9 Å². The largest absolute Gasteiger partial charge is 0.378 e. The Hall–Kier alpha value is -2.03. The Labute approximate surface area is 184 Å². The van der Waals surface area contributed by atoms with Gasteiger partial charge in [0.2, 0.25) is 10.0 Å². The first-order valence-electron chi connectivity index (χ1n) is 11.1. The number of pyridine rings is 1. The number of ether oxygens (including phenoxy) is 1. The zero-order chi connectivity index (χ0) is 22.2. The normalized spacial score (nSPS) is 18.6. The number of fused-ring (bicyclic) bond motifs is 1. The number of hydrogen-bond acceptors (Lipinski definition) is 5. The number of nitrogens with two attached hydrogens (primary N) is 1. The van der Waals surface area contributed by atoms with Crippen LogP contribution >= 0.6 is 0 Å². The molecular weight excluding hydrogens is 414 g/mol. The van der Waals surface area contributed by atoms with Crippen LogP contribution in [0.2, 0.25) is 0 Å². The molecule has 8 heteroatoms. The van der Waals surface area contributed by atoms with E-state index in [1.807, 2.05) is 18.7 Å². The molecule has 1 saturated carbocycles. The van der Waals surface area contributed by atoms with Crippen LogP contribution in [0.1, 0.15) is 79.4 Å². The van der Waals surface area contributed by atoms with Gasteiger partial charge in [0.1, 0.15) is 0 Å². The highest BCUT2D eigenvalue weighted by atomic mass is 32.2. The van der Waals surface area contributed by atoms with Gasteiger partial charge in [-0.3, -0.25) is 9.78 Å². The van der Waals surface area contributed by atoms with Crippen LogP contribution in [0.25, 0.3) is 10.9 Å². The van der Waals surface area contributed by atoms with Gasteiger partial charge in [-0.1, -0.05) is 33.1 Å². The molecule has 2 N–H and O–H groups in total. The number of nitrogens with zero attached hydrogens (tertiary/aromatic N) is 2. The summed E-state index contributed by atoms with van der Waals surface area (Å²) in [4.78, 5) is 20.7. The minimum Gasteiger partial charge on any atom is -0.378 e. The van der Waals surface area contributed by atoms with E-state index in [2.05, 4.69) is 0 Å². The van der Waals surface area contributed by atoms with E-state index >= 15 is 0 Å². The zero-order valence-electron chi connectivity index (χ0n) is 18.3. The van der Waals surface area contributed by atoms with E-state index in [0.29, 0.717) is 37.3 Å². The lowest BCUT2D eigenvalue weighted by molar-refractivity contribution is 0.0300. The SMILES string of the molecule is CC(C)c1c(C(=O)N2CCOCC2)c(C2CCCCC2)nc2ccc(S(N)(=O)=O)cc12. The van der Waals surface area contributed by atoms with Crippen molar-refractivity contribution in [2.75, 3.05) is 26.3 Å². The summed E-state index contributed by atoms with van der Waals surface area (Å²) < 4.78 is 29.5. The highest BCUT2D eigenvalue weighted by molar-refractivity contribution is 7.89. The Balaban J connectivity index is 1.98. The van der Waals surface area contributed by atoms with Crippen molar-refractivity contribution in [1.29, 1.82) is 0 Å². The predicted molar refractivity (Wildman–Crippen MR) is 120 cm³/mol. The van der Waals surface area contributed by atoms with E-state index in [1.54, 1.807) is 12.1 Å². The minimum absolute atomic E-state index is 0.0172. The summed E-state index contributed by atoms with van der Waals surface area (Å²) in [5.41, 5.74) is 3.11. The van der Waals surface area contributed by atoms with Gasteiger partial charge in [-0.2, -0.15) is 0 Å². The van der Waals surface area contributed by atoms with Crippen LogP contribution in [0, 0.1) is 0 Å². The molecule has 2 aromatic rings. The molecule has 0 unspecified atom stereocenters. The van der Waals surface area contributed by atoms with Crippen molar-refractivity contribution in [3.63, 3.8) is 0 Å². The van der Waals surface area contributed by atoms with Gasteiger partial charge in [0.25, 0.3) is 5.91 Å². The van der Waals surface area contributed by atoms with Gasteiger partial charge in [-0.05, 0) is 42.5 Å². The van der Waals surface area contributed by atoms with Crippen molar-refractivity contribution < 1.29 is 17.9 Å². The Kier molecular flexibility index (Phi) is 6.32. The molecule has 2 heterocycles. The molecule has 0 spiro atoms. The molecule has 0 atom stereocenters. The van der Waals surface area contributed by atoms with E-state index in [-0.39, 0.29) is 22.6 Å². The molecule has 31 heavy (non-hydrogen) atoms. The first-order chi connectivity index (χ1) is 14.8. The fraction of sp³-hybridized carbons (Fsp3) is 0.565. The molecule has 2 aliphatic rings. The molecule has 7 nitrogen and oxygen atoms in total. The molecule has 1 saturated heterocycles. The smallest absolute Gasteiger partial charge is 0.256 e. The van der Waals surface area contributed by atoms with E-state index in [4.69, 9.17) is 14.9 Å². The van der Waals surface area contributed by atoms with Crippen molar-refractivity contribution in [2.24, 2.45) is 5.14 Å². The highest BCUT2D eigenvalue weighted by Gasteiger charge is 2.31. The first-order valence-corrected chi connectivity index (χ1v) is 12.7. The van der Waals surface area contributed by atoms with E-state index < -0.39 is 10.0 Å². The van der Waals surface area contributed by atoms with Gasteiger partial charge in [-0.15, -0.1) is 0 Å². The molecule has 1 amide bonds. The molecule has 2 fully saturated rings. The monoisotopic (exact) mass is 445 g/mol. The molecule has 1 aromatic carbocycles. The fourth-order valence-electron chi connectivity index (χ4n) is 4.88. The lowest BCUT2D eigenvalue weighted by Gasteiger charge is -2.31. The Bertz CT molecular complexity index is 1090. The highest BCUT2D eigenvalue weighted by Crippen LogP contribution is 2.39. The standard InChI is InChI=1S/C23H31N3O4S/c1-15(2)20-18-14-17(31(24,28)29)8-9-19(18)25-22(16-6-4-3-5-7-16)21(20)23(27)26-10-12-30-13-11-26/h8-9,14-16H,3-7,10-13H2,1-2H3,(H2,24,28,29). The summed E-state index contributed by atoms with van der Waals surface area (Å²) in [5.74, 6) is 0.236. The van der Waals surface area contributed by atoms with Crippen LogP contribution in [0.15, 0.2) is 23.1 Å². The summed E-state index contributed by atoms with van der Waals surface area (Å²) in [5, 5.41) is 6.09. The summed E-state index contributed by atoms with van der Waals surface area (Å²) in [6, 6.07) is 4.80. The Morgan fingerprint density at radius 3 is 2.45 bits per heavy atom. The van der Waals surface area contributed by atoms with Crippen molar-refractivity contribution in [3.8, 4) is 0 Å². The van der Waals surface area contributed by atoms with E-state index in [1.165, 1.54) is 12.5 Å². The van der Waals surface area contributed by atoms with Crippen LogP contribution in [0.3, 0.4) is 0 Å². The van der Waals surface area contributed by atoms with Crippen molar-refractivity contribution in [1.82, 2.24) is 9.88 Å². The Morgan fingerprint density at radius 1 is 1.16 bits per heavy atom. The number of carbonyl (C=O) groups excluding carboxylic acids is 1. The van der Waals surface area contributed by atoms with Crippen LogP contribution in [-0.2, 0) is 14.8 Å². The molecule has 4 rings (SSSR count). The lowest BCUT2D eigenvalue weighted by Crippen LogP contribution is -2.41. The quantitative estimate of drug-likeness (QED) is 0.776. The third kappa shape index (κ3) is 4.47. The number of benzene rings is 1. The maximum Gasteiger partial charge on any atom is 0.256 e. The zero-order valence-corrected chi connectivity index (χ0v) is 19.1. The second-order valence-electron chi connectivity index (χ2n) is 8.90. The molecule has 0 bridgehead atoms. The van der Waals surface area contributed by atoms with E-state index in [0.717, 1.165) is 42.5 Å². The van der Waals surface area contributed by atoms with Crippen LogP contribution in [0.5, 0.6) is 0 Å². The number of rotatable bonds is 4. The number of amides is 1. The second kappa shape index (κ2) is 8.84. The number of primary sulfonamides is 1. The van der Waals surface area contributed by atoms with Crippen molar-refractivity contribution >= 4 is 26.8 Å². The Morgan fingerprint density at radius 2 is 1.84 bits per heavy atom. The van der Waals surface area contributed by atoms with Crippen molar-refractivity contribution in [3.05, 3.63) is 35.0 Å². The maximum atomic E-state index is 13.8.